The van der Waals surface area contributed by atoms with E-state index in [1.165, 1.54) is 13.0 Å². The molecule has 1 unspecified atom stereocenters. The number of hydrogen-bond acceptors (Lipinski definition) is 4. The summed E-state index contributed by atoms with van der Waals surface area (Å²) in [5.41, 5.74) is -1.17. The average Bonchev–Trinajstić information content (AvgIpc) is 2.37. The third-order valence-corrected chi connectivity index (χ3v) is 3.61. The zero-order valence-electron chi connectivity index (χ0n) is 10.5. The first-order valence-corrected chi connectivity index (χ1v) is 6.56. The van der Waals surface area contributed by atoms with Gasteiger partial charge in [0.25, 0.3) is 11.3 Å². The Morgan fingerprint density at radius 2 is 2.21 bits per heavy atom. The smallest absolute Gasteiger partial charge is 0.297 e. The summed E-state index contributed by atoms with van der Waals surface area (Å²) >= 11 is 3.30. The van der Waals surface area contributed by atoms with Crippen LogP contribution >= 0.6 is 15.9 Å². The summed E-state index contributed by atoms with van der Waals surface area (Å²) in [5.74, 6) is 0.155. The highest BCUT2D eigenvalue weighted by Gasteiger charge is 2.49. The lowest BCUT2D eigenvalue weighted by Crippen LogP contribution is -2.47. The van der Waals surface area contributed by atoms with E-state index in [1.807, 2.05) is 0 Å². The molecule has 5 nitrogen and oxygen atoms in total. The van der Waals surface area contributed by atoms with E-state index in [1.54, 1.807) is 25.1 Å². The SMILES string of the molecule is CCC(=O)C1(C)Oc2ccc(Br)cc2C=C1[N+](=O)[O-]. The number of rotatable bonds is 3. The van der Waals surface area contributed by atoms with Gasteiger partial charge in [-0.05, 0) is 25.1 Å². The van der Waals surface area contributed by atoms with E-state index in [9.17, 15) is 14.9 Å². The van der Waals surface area contributed by atoms with E-state index in [4.69, 9.17) is 4.74 Å². The van der Waals surface area contributed by atoms with Crippen LogP contribution in [-0.2, 0) is 4.79 Å². The number of ketones is 1. The van der Waals surface area contributed by atoms with Crippen molar-refractivity contribution in [3.8, 4) is 5.75 Å². The second-order valence-corrected chi connectivity index (χ2v) is 5.30. The van der Waals surface area contributed by atoms with Crippen molar-refractivity contribution in [2.45, 2.75) is 25.9 Å². The first kappa shape index (κ1) is 13.7. The average molecular weight is 326 g/mol. The maximum absolute atomic E-state index is 12.0. The Hall–Kier alpha value is -1.69. The number of nitro groups is 1. The normalized spacial score (nSPS) is 21.1. The highest BCUT2D eigenvalue weighted by molar-refractivity contribution is 9.10. The molecule has 0 saturated carbocycles. The molecule has 100 valence electrons. The van der Waals surface area contributed by atoms with Crippen LogP contribution in [-0.4, -0.2) is 16.3 Å². The standard InChI is InChI=1S/C13H12BrNO4/c1-3-12(16)13(2)11(15(17)18)7-8-6-9(14)4-5-10(8)19-13/h4-7H,3H2,1-2H3. The third kappa shape index (κ3) is 2.28. The zero-order valence-corrected chi connectivity index (χ0v) is 12.1. The van der Waals surface area contributed by atoms with Gasteiger partial charge in [0.2, 0.25) is 0 Å². The third-order valence-electron chi connectivity index (χ3n) is 3.12. The van der Waals surface area contributed by atoms with Gasteiger partial charge in [0, 0.05) is 22.5 Å². The monoisotopic (exact) mass is 325 g/mol. The Morgan fingerprint density at radius 1 is 1.53 bits per heavy atom. The van der Waals surface area contributed by atoms with Crippen molar-refractivity contribution in [2.24, 2.45) is 0 Å². The largest absolute Gasteiger partial charge is 0.468 e. The van der Waals surface area contributed by atoms with Crippen molar-refractivity contribution in [1.29, 1.82) is 0 Å². The number of ether oxygens (including phenoxy) is 1. The molecule has 0 aromatic heterocycles. The van der Waals surface area contributed by atoms with Gasteiger partial charge in [-0.3, -0.25) is 14.9 Å². The molecule has 1 aliphatic rings. The molecule has 0 bridgehead atoms. The van der Waals surface area contributed by atoms with Crippen LogP contribution < -0.4 is 4.74 Å². The number of carbonyl (C=O) groups excluding carboxylic acids is 1. The van der Waals surface area contributed by atoms with Crippen molar-refractivity contribution in [3.05, 3.63) is 44.0 Å². The molecule has 0 saturated heterocycles. The number of benzene rings is 1. The van der Waals surface area contributed by atoms with Crippen LogP contribution in [0.15, 0.2) is 28.4 Å². The molecule has 19 heavy (non-hydrogen) atoms. The molecule has 1 heterocycles. The summed E-state index contributed by atoms with van der Waals surface area (Å²) in [4.78, 5) is 22.6. The highest BCUT2D eigenvalue weighted by Crippen LogP contribution is 2.38. The zero-order chi connectivity index (χ0) is 14.2. The number of halogens is 1. The van der Waals surface area contributed by atoms with Crippen molar-refractivity contribution in [1.82, 2.24) is 0 Å². The molecule has 0 spiro atoms. The fourth-order valence-corrected chi connectivity index (χ4v) is 2.43. The molecule has 0 N–H and O–H groups in total. The summed E-state index contributed by atoms with van der Waals surface area (Å²) in [7, 11) is 0. The Bertz CT molecular complexity index is 596. The highest BCUT2D eigenvalue weighted by atomic mass is 79.9. The van der Waals surface area contributed by atoms with Gasteiger partial charge in [0.15, 0.2) is 5.78 Å². The van der Waals surface area contributed by atoms with Crippen LogP contribution in [0.4, 0.5) is 0 Å². The van der Waals surface area contributed by atoms with Crippen molar-refractivity contribution < 1.29 is 14.5 Å². The number of carbonyl (C=O) groups is 1. The molecule has 0 fully saturated rings. The van der Waals surface area contributed by atoms with Gasteiger partial charge >= 0.3 is 0 Å². The molecule has 0 radical (unpaired) electrons. The lowest BCUT2D eigenvalue weighted by Gasteiger charge is -2.30. The van der Waals surface area contributed by atoms with E-state index in [0.29, 0.717) is 11.3 Å². The molecule has 1 aromatic carbocycles. The summed E-state index contributed by atoms with van der Waals surface area (Å²) < 4.78 is 6.41. The van der Waals surface area contributed by atoms with Crippen LogP contribution in [0.5, 0.6) is 5.75 Å². The Morgan fingerprint density at radius 3 is 2.79 bits per heavy atom. The molecular weight excluding hydrogens is 314 g/mol. The summed E-state index contributed by atoms with van der Waals surface area (Å²) in [6.45, 7) is 3.10. The van der Waals surface area contributed by atoms with Crippen molar-refractivity contribution in [2.75, 3.05) is 0 Å². The van der Waals surface area contributed by atoms with Crippen molar-refractivity contribution >= 4 is 27.8 Å². The van der Waals surface area contributed by atoms with Crippen LogP contribution in [0, 0.1) is 10.1 Å². The Kier molecular flexibility index (Phi) is 3.45. The maximum Gasteiger partial charge on any atom is 0.297 e. The minimum atomic E-state index is -1.53. The van der Waals surface area contributed by atoms with E-state index < -0.39 is 10.5 Å². The van der Waals surface area contributed by atoms with Crippen LogP contribution in [0.2, 0.25) is 0 Å². The molecule has 6 heteroatoms. The number of Topliss-reactive ketones (excluding diaryl/α,β-unsaturated/α-hetero) is 1. The first-order chi connectivity index (χ1) is 8.88. The second kappa shape index (κ2) is 4.77. The summed E-state index contributed by atoms with van der Waals surface area (Å²) in [6, 6.07) is 5.17. The predicted octanol–water partition coefficient (Wildman–Crippen LogP) is 3.20. The molecule has 0 amide bonds. The van der Waals surface area contributed by atoms with Gasteiger partial charge in [-0.25, -0.2) is 0 Å². The first-order valence-electron chi connectivity index (χ1n) is 5.77. The van der Waals surface area contributed by atoms with Gasteiger partial charge in [0.05, 0.1) is 4.92 Å². The Labute approximate surface area is 118 Å². The molecule has 1 atom stereocenters. The van der Waals surface area contributed by atoms with E-state index >= 15 is 0 Å². The molecule has 0 aliphatic carbocycles. The minimum Gasteiger partial charge on any atom is -0.468 e. The van der Waals surface area contributed by atoms with Gasteiger partial charge in [-0.2, -0.15) is 0 Å². The number of nitrogens with zero attached hydrogens (tertiary/aromatic N) is 1. The van der Waals surface area contributed by atoms with Gasteiger partial charge in [-0.15, -0.1) is 0 Å². The molecule has 1 aromatic rings. The predicted molar refractivity (Wildman–Crippen MR) is 73.4 cm³/mol. The van der Waals surface area contributed by atoms with Crippen LogP contribution in [0.25, 0.3) is 6.08 Å². The molecule has 1 aliphatic heterocycles. The lowest BCUT2D eigenvalue weighted by atomic mass is 9.90. The summed E-state index contributed by atoms with van der Waals surface area (Å²) in [5, 5.41) is 11.2. The lowest BCUT2D eigenvalue weighted by molar-refractivity contribution is -0.437. The molecular formula is C13H12BrNO4. The van der Waals surface area contributed by atoms with E-state index in [-0.39, 0.29) is 17.9 Å². The van der Waals surface area contributed by atoms with Crippen molar-refractivity contribution in [3.63, 3.8) is 0 Å². The molecule has 2 rings (SSSR count). The topological polar surface area (TPSA) is 69.4 Å². The Balaban J connectivity index is 2.61. The summed E-state index contributed by atoms with van der Waals surface area (Å²) in [6.07, 6.45) is 1.57. The van der Waals surface area contributed by atoms with Gasteiger partial charge in [0.1, 0.15) is 5.75 Å². The fraction of sp³-hybridized carbons (Fsp3) is 0.308. The van der Waals surface area contributed by atoms with Gasteiger partial charge in [-0.1, -0.05) is 22.9 Å². The number of hydrogen-bond donors (Lipinski definition) is 0. The number of fused-ring (bicyclic) bond motifs is 1. The quantitative estimate of drug-likeness (QED) is 0.632. The van der Waals surface area contributed by atoms with Crippen LogP contribution in [0.3, 0.4) is 0 Å². The second-order valence-electron chi connectivity index (χ2n) is 4.38. The fourth-order valence-electron chi connectivity index (χ4n) is 2.05. The van der Waals surface area contributed by atoms with E-state index in [2.05, 4.69) is 15.9 Å². The van der Waals surface area contributed by atoms with Gasteiger partial charge < -0.3 is 4.74 Å². The maximum atomic E-state index is 12.0. The van der Waals surface area contributed by atoms with Crippen LogP contribution in [0.1, 0.15) is 25.8 Å². The van der Waals surface area contributed by atoms with E-state index in [0.717, 1.165) is 4.47 Å². The minimum absolute atomic E-state index is 0.174.